The van der Waals surface area contributed by atoms with Gasteiger partial charge in [0.2, 0.25) is 0 Å². The lowest BCUT2D eigenvalue weighted by atomic mass is 10.2. The lowest BCUT2D eigenvalue weighted by molar-refractivity contribution is 0.251. The first kappa shape index (κ1) is 13.4. The average Bonchev–Trinajstić information content (AvgIpc) is 2.35. The Balaban J connectivity index is 2.67. The van der Waals surface area contributed by atoms with E-state index in [-0.39, 0.29) is 12.6 Å². The predicted octanol–water partition coefficient (Wildman–Crippen LogP) is 1.89. The van der Waals surface area contributed by atoms with Crippen LogP contribution in [-0.2, 0) is 6.54 Å². The standard InChI is InChI=1S/C12H19NO2S/c1-9(8-14)13-7-10-4-5-11(15-2)12(6-10)16-3/h4-6,9,13-14H,7-8H2,1-3H3/t9-/m0/s1. The van der Waals surface area contributed by atoms with Crippen molar-refractivity contribution in [2.24, 2.45) is 0 Å². The Morgan fingerprint density at radius 2 is 2.25 bits per heavy atom. The van der Waals surface area contributed by atoms with Gasteiger partial charge in [-0.05, 0) is 30.9 Å². The van der Waals surface area contributed by atoms with Gasteiger partial charge in [-0.25, -0.2) is 0 Å². The van der Waals surface area contributed by atoms with Crippen molar-refractivity contribution >= 4 is 11.8 Å². The summed E-state index contributed by atoms with van der Waals surface area (Å²) in [7, 11) is 1.68. The Bertz CT molecular complexity index is 331. The van der Waals surface area contributed by atoms with Gasteiger partial charge >= 0.3 is 0 Å². The molecule has 0 aliphatic carbocycles. The quantitative estimate of drug-likeness (QED) is 0.746. The molecule has 0 heterocycles. The van der Waals surface area contributed by atoms with Gasteiger partial charge in [-0.1, -0.05) is 6.07 Å². The van der Waals surface area contributed by atoms with E-state index >= 15 is 0 Å². The van der Waals surface area contributed by atoms with Gasteiger partial charge in [-0.15, -0.1) is 11.8 Å². The molecule has 0 radical (unpaired) electrons. The number of rotatable bonds is 6. The number of ether oxygens (including phenoxy) is 1. The number of aliphatic hydroxyl groups excluding tert-OH is 1. The van der Waals surface area contributed by atoms with Gasteiger partial charge in [-0.2, -0.15) is 0 Å². The Morgan fingerprint density at radius 1 is 1.50 bits per heavy atom. The van der Waals surface area contributed by atoms with Crippen LogP contribution in [0.4, 0.5) is 0 Å². The van der Waals surface area contributed by atoms with Crippen molar-refractivity contribution < 1.29 is 9.84 Å². The monoisotopic (exact) mass is 241 g/mol. The average molecular weight is 241 g/mol. The summed E-state index contributed by atoms with van der Waals surface area (Å²) in [5, 5.41) is 12.1. The van der Waals surface area contributed by atoms with Crippen LogP contribution in [-0.4, -0.2) is 31.1 Å². The number of hydrogen-bond acceptors (Lipinski definition) is 4. The molecule has 2 N–H and O–H groups in total. The molecule has 0 aliphatic rings. The number of thioether (sulfide) groups is 1. The fourth-order valence-corrected chi connectivity index (χ4v) is 1.97. The van der Waals surface area contributed by atoms with Crippen LogP contribution in [0.5, 0.6) is 5.75 Å². The van der Waals surface area contributed by atoms with Crippen molar-refractivity contribution in [2.75, 3.05) is 20.0 Å². The SMILES string of the molecule is COc1ccc(CN[C@@H](C)CO)cc1SC. The van der Waals surface area contributed by atoms with Crippen LogP contribution >= 0.6 is 11.8 Å². The maximum Gasteiger partial charge on any atom is 0.132 e. The third-order valence-corrected chi connectivity index (χ3v) is 3.14. The van der Waals surface area contributed by atoms with Gasteiger partial charge in [0.15, 0.2) is 0 Å². The van der Waals surface area contributed by atoms with Crippen LogP contribution in [0.15, 0.2) is 23.1 Å². The van der Waals surface area contributed by atoms with Gasteiger partial charge in [0.1, 0.15) is 5.75 Å². The molecule has 1 aromatic rings. The second-order valence-electron chi connectivity index (χ2n) is 3.65. The molecule has 16 heavy (non-hydrogen) atoms. The summed E-state index contributed by atoms with van der Waals surface area (Å²) >= 11 is 1.67. The van der Waals surface area contributed by atoms with Crippen LogP contribution in [0.2, 0.25) is 0 Å². The molecule has 0 amide bonds. The Kier molecular flexibility index (Phi) is 5.66. The molecule has 0 aromatic heterocycles. The summed E-state index contributed by atoms with van der Waals surface area (Å²) in [6.07, 6.45) is 2.03. The largest absolute Gasteiger partial charge is 0.496 e. The Hall–Kier alpha value is -0.710. The predicted molar refractivity (Wildman–Crippen MR) is 68.2 cm³/mol. The second-order valence-corrected chi connectivity index (χ2v) is 4.50. The van der Waals surface area contributed by atoms with Crippen molar-refractivity contribution in [2.45, 2.75) is 24.4 Å². The number of benzene rings is 1. The maximum atomic E-state index is 8.91. The number of methoxy groups -OCH3 is 1. The van der Waals surface area contributed by atoms with Gasteiger partial charge in [0.25, 0.3) is 0 Å². The summed E-state index contributed by atoms with van der Waals surface area (Å²) in [6.45, 7) is 2.88. The Morgan fingerprint density at radius 3 is 2.81 bits per heavy atom. The zero-order chi connectivity index (χ0) is 12.0. The molecule has 0 bridgehead atoms. The second kappa shape index (κ2) is 6.78. The van der Waals surface area contributed by atoms with Crippen LogP contribution in [0.1, 0.15) is 12.5 Å². The molecule has 4 heteroatoms. The zero-order valence-electron chi connectivity index (χ0n) is 9.99. The molecule has 1 atom stereocenters. The molecule has 1 rings (SSSR count). The van der Waals surface area contributed by atoms with E-state index in [1.165, 1.54) is 5.56 Å². The van der Waals surface area contributed by atoms with Crippen LogP contribution in [0.3, 0.4) is 0 Å². The van der Waals surface area contributed by atoms with Crippen molar-refractivity contribution in [3.63, 3.8) is 0 Å². The van der Waals surface area contributed by atoms with Crippen LogP contribution in [0, 0.1) is 0 Å². The summed E-state index contributed by atoms with van der Waals surface area (Å²) in [6, 6.07) is 6.25. The highest BCUT2D eigenvalue weighted by molar-refractivity contribution is 7.98. The summed E-state index contributed by atoms with van der Waals surface area (Å²) < 4.78 is 5.26. The zero-order valence-corrected chi connectivity index (χ0v) is 10.8. The van der Waals surface area contributed by atoms with Crippen molar-refractivity contribution in [1.82, 2.24) is 5.32 Å². The lowest BCUT2D eigenvalue weighted by Gasteiger charge is -2.12. The van der Waals surface area contributed by atoms with Crippen LogP contribution < -0.4 is 10.1 Å². The van der Waals surface area contributed by atoms with Crippen molar-refractivity contribution in [3.8, 4) is 5.75 Å². The first-order chi connectivity index (χ1) is 7.71. The first-order valence-corrected chi connectivity index (χ1v) is 6.49. The minimum Gasteiger partial charge on any atom is -0.496 e. The fourth-order valence-electron chi connectivity index (χ4n) is 1.35. The molecular formula is C12H19NO2S. The van der Waals surface area contributed by atoms with E-state index in [4.69, 9.17) is 9.84 Å². The first-order valence-electron chi connectivity index (χ1n) is 5.26. The fraction of sp³-hybridized carbons (Fsp3) is 0.500. The smallest absolute Gasteiger partial charge is 0.132 e. The molecule has 0 unspecified atom stereocenters. The third-order valence-electron chi connectivity index (χ3n) is 2.38. The van der Waals surface area contributed by atoms with E-state index in [0.29, 0.717) is 0 Å². The summed E-state index contributed by atoms with van der Waals surface area (Å²) in [4.78, 5) is 1.14. The number of aliphatic hydroxyl groups is 1. The molecular weight excluding hydrogens is 222 g/mol. The number of nitrogens with one attached hydrogen (secondary N) is 1. The summed E-state index contributed by atoms with van der Waals surface area (Å²) in [5.41, 5.74) is 1.20. The van der Waals surface area contributed by atoms with E-state index in [1.54, 1.807) is 18.9 Å². The maximum absolute atomic E-state index is 8.91. The Labute approximate surface area is 101 Å². The van der Waals surface area contributed by atoms with E-state index in [2.05, 4.69) is 11.4 Å². The molecule has 0 aliphatic heterocycles. The van der Waals surface area contributed by atoms with E-state index < -0.39 is 0 Å². The highest BCUT2D eigenvalue weighted by Gasteiger charge is 2.04. The van der Waals surface area contributed by atoms with Crippen molar-refractivity contribution in [1.29, 1.82) is 0 Å². The molecule has 0 spiro atoms. The van der Waals surface area contributed by atoms with E-state index in [1.807, 2.05) is 25.3 Å². The molecule has 0 fully saturated rings. The summed E-state index contributed by atoms with van der Waals surface area (Å²) in [5.74, 6) is 0.909. The highest BCUT2D eigenvalue weighted by atomic mass is 32.2. The topological polar surface area (TPSA) is 41.5 Å². The minimum atomic E-state index is 0.125. The molecule has 90 valence electrons. The minimum absolute atomic E-state index is 0.125. The molecule has 0 saturated heterocycles. The van der Waals surface area contributed by atoms with Gasteiger partial charge in [0.05, 0.1) is 13.7 Å². The number of hydrogen-bond donors (Lipinski definition) is 2. The van der Waals surface area contributed by atoms with E-state index in [0.717, 1.165) is 17.2 Å². The van der Waals surface area contributed by atoms with Gasteiger partial charge in [0, 0.05) is 17.5 Å². The molecule has 0 saturated carbocycles. The van der Waals surface area contributed by atoms with Gasteiger partial charge in [-0.3, -0.25) is 0 Å². The lowest BCUT2D eigenvalue weighted by Crippen LogP contribution is -2.28. The molecule has 1 aromatic carbocycles. The van der Waals surface area contributed by atoms with Crippen LogP contribution in [0.25, 0.3) is 0 Å². The van der Waals surface area contributed by atoms with E-state index in [9.17, 15) is 0 Å². The normalized spacial score (nSPS) is 12.5. The van der Waals surface area contributed by atoms with Crippen molar-refractivity contribution in [3.05, 3.63) is 23.8 Å². The highest BCUT2D eigenvalue weighted by Crippen LogP contribution is 2.28. The van der Waals surface area contributed by atoms with Gasteiger partial charge < -0.3 is 15.2 Å². The molecule has 3 nitrogen and oxygen atoms in total. The third kappa shape index (κ3) is 3.70.